The van der Waals surface area contributed by atoms with E-state index < -0.39 is 0 Å². The molecule has 0 unspecified atom stereocenters. The van der Waals surface area contributed by atoms with Crippen LogP contribution in [0.4, 0.5) is 0 Å². The van der Waals surface area contributed by atoms with E-state index in [1.54, 1.807) is 0 Å². The van der Waals surface area contributed by atoms with Crippen molar-refractivity contribution in [1.82, 2.24) is 5.32 Å². The molecule has 0 bridgehead atoms. The molecule has 1 aromatic carbocycles. The topological polar surface area (TPSA) is 12.0 Å². The molecule has 2 heteroatoms. The van der Waals surface area contributed by atoms with Crippen LogP contribution in [0.3, 0.4) is 0 Å². The van der Waals surface area contributed by atoms with Gasteiger partial charge in [0.15, 0.2) is 0 Å². The second kappa shape index (κ2) is 4.77. The van der Waals surface area contributed by atoms with Crippen molar-refractivity contribution in [2.24, 2.45) is 0 Å². The predicted molar refractivity (Wildman–Crippen MR) is 61.2 cm³/mol. The van der Waals surface area contributed by atoms with Gasteiger partial charge in [-0.1, -0.05) is 22.0 Å². The van der Waals surface area contributed by atoms with Gasteiger partial charge in [0.05, 0.1) is 0 Å². The quantitative estimate of drug-likeness (QED) is 0.859. The predicted octanol–water partition coefficient (Wildman–Crippen LogP) is 2.83. The summed E-state index contributed by atoms with van der Waals surface area (Å²) in [6.07, 6.45) is 1.09. The maximum Gasteiger partial charge on any atom is 0.0213 e. The summed E-state index contributed by atoms with van der Waals surface area (Å²) >= 11 is 3.60. The van der Waals surface area contributed by atoms with E-state index in [2.05, 4.69) is 47.2 Å². The summed E-state index contributed by atoms with van der Waals surface area (Å²) in [7, 11) is 1.98. The van der Waals surface area contributed by atoms with Gasteiger partial charge in [-0.15, -0.1) is 0 Å². The van der Waals surface area contributed by atoms with Gasteiger partial charge in [0.2, 0.25) is 0 Å². The average Bonchev–Trinajstić information content (AvgIpc) is 2.02. The van der Waals surface area contributed by atoms with Gasteiger partial charge in [0, 0.05) is 4.47 Å². The first kappa shape index (κ1) is 10.7. The highest BCUT2D eigenvalue weighted by atomic mass is 79.9. The van der Waals surface area contributed by atoms with Gasteiger partial charge < -0.3 is 5.32 Å². The molecule has 0 fully saturated rings. The number of hydrogen-bond donors (Lipinski definition) is 1. The lowest BCUT2D eigenvalue weighted by Gasteiger charge is -2.09. The number of rotatable bonds is 3. The van der Waals surface area contributed by atoms with Crippen molar-refractivity contribution in [3.8, 4) is 0 Å². The standard InChI is InChI=1S/C11H16BrN/c1-8-6-9(2)10(4-5-13-3)11(12)7-8/h6-7,13H,4-5H2,1-3H3. The zero-order chi connectivity index (χ0) is 9.84. The molecule has 0 aliphatic rings. The molecule has 1 nitrogen and oxygen atoms in total. The van der Waals surface area contributed by atoms with E-state index in [-0.39, 0.29) is 0 Å². The van der Waals surface area contributed by atoms with E-state index in [4.69, 9.17) is 0 Å². The lowest BCUT2D eigenvalue weighted by atomic mass is 10.0. The van der Waals surface area contributed by atoms with E-state index in [1.807, 2.05) is 7.05 Å². The van der Waals surface area contributed by atoms with Gasteiger partial charge in [-0.2, -0.15) is 0 Å². The van der Waals surface area contributed by atoms with Crippen LogP contribution in [0, 0.1) is 13.8 Å². The Labute approximate surface area is 88.7 Å². The van der Waals surface area contributed by atoms with E-state index >= 15 is 0 Å². The SMILES string of the molecule is CNCCc1c(C)cc(C)cc1Br. The average molecular weight is 242 g/mol. The van der Waals surface area contributed by atoms with Gasteiger partial charge in [-0.05, 0) is 56.6 Å². The molecule has 13 heavy (non-hydrogen) atoms. The maximum absolute atomic E-state index is 3.60. The molecule has 0 aliphatic heterocycles. The van der Waals surface area contributed by atoms with Crippen LogP contribution >= 0.6 is 15.9 Å². The fourth-order valence-electron chi connectivity index (χ4n) is 1.51. The molecule has 0 heterocycles. The lowest BCUT2D eigenvalue weighted by Crippen LogP contribution is -2.11. The Hall–Kier alpha value is -0.340. The van der Waals surface area contributed by atoms with Crippen molar-refractivity contribution >= 4 is 15.9 Å². The Morgan fingerprint density at radius 3 is 2.54 bits per heavy atom. The Balaban J connectivity index is 2.92. The van der Waals surface area contributed by atoms with Crippen molar-refractivity contribution in [1.29, 1.82) is 0 Å². The molecule has 0 atom stereocenters. The highest BCUT2D eigenvalue weighted by Crippen LogP contribution is 2.22. The summed E-state index contributed by atoms with van der Waals surface area (Å²) in [5.74, 6) is 0. The Bertz CT molecular complexity index is 271. The van der Waals surface area contributed by atoms with Gasteiger partial charge >= 0.3 is 0 Å². The van der Waals surface area contributed by atoms with Crippen molar-refractivity contribution < 1.29 is 0 Å². The Kier molecular flexibility index (Phi) is 3.94. The minimum atomic E-state index is 1.03. The fourth-order valence-corrected chi connectivity index (χ4v) is 2.38. The molecule has 0 amide bonds. The second-order valence-electron chi connectivity index (χ2n) is 3.40. The maximum atomic E-state index is 3.60. The first-order valence-corrected chi connectivity index (χ1v) is 5.34. The molecule has 0 saturated carbocycles. The third-order valence-electron chi connectivity index (χ3n) is 2.19. The van der Waals surface area contributed by atoms with E-state index in [0.29, 0.717) is 0 Å². The van der Waals surface area contributed by atoms with Crippen LogP contribution < -0.4 is 5.32 Å². The first-order valence-electron chi connectivity index (χ1n) is 4.55. The number of hydrogen-bond acceptors (Lipinski definition) is 1. The molecular formula is C11H16BrN. The number of halogens is 1. The number of aryl methyl sites for hydroxylation is 2. The molecule has 0 aromatic heterocycles. The summed E-state index contributed by atoms with van der Waals surface area (Å²) < 4.78 is 1.24. The fraction of sp³-hybridized carbons (Fsp3) is 0.455. The molecule has 1 N–H and O–H groups in total. The van der Waals surface area contributed by atoms with Crippen LogP contribution in [0.2, 0.25) is 0 Å². The van der Waals surface area contributed by atoms with E-state index in [9.17, 15) is 0 Å². The smallest absolute Gasteiger partial charge is 0.0213 e. The normalized spacial score (nSPS) is 10.5. The van der Waals surface area contributed by atoms with Crippen molar-refractivity contribution in [2.45, 2.75) is 20.3 Å². The zero-order valence-corrected chi connectivity index (χ0v) is 10.0. The number of benzene rings is 1. The van der Waals surface area contributed by atoms with Crippen LogP contribution in [-0.2, 0) is 6.42 Å². The molecule has 1 aromatic rings. The highest BCUT2D eigenvalue weighted by molar-refractivity contribution is 9.10. The summed E-state index contributed by atoms with van der Waals surface area (Å²) in [6, 6.07) is 4.41. The third-order valence-corrected chi connectivity index (χ3v) is 2.90. The Morgan fingerprint density at radius 1 is 1.31 bits per heavy atom. The highest BCUT2D eigenvalue weighted by Gasteiger charge is 2.03. The zero-order valence-electron chi connectivity index (χ0n) is 8.45. The van der Waals surface area contributed by atoms with Gasteiger partial charge in [-0.3, -0.25) is 0 Å². The first-order chi connectivity index (χ1) is 6.15. The minimum absolute atomic E-state index is 1.03. The van der Waals surface area contributed by atoms with E-state index in [0.717, 1.165) is 13.0 Å². The summed E-state index contributed by atoms with van der Waals surface area (Å²) in [6.45, 7) is 5.32. The molecule has 0 saturated heterocycles. The van der Waals surface area contributed by atoms with Gasteiger partial charge in [0.1, 0.15) is 0 Å². The van der Waals surface area contributed by atoms with Crippen LogP contribution in [-0.4, -0.2) is 13.6 Å². The minimum Gasteiger partial charge on any atom is -0.319 e. The van der Waals surface area contributed by atoms with Crippen molar-refractivity contribution in [3.63, 3.8) is 0 Å². The van der Waals surface area contributed by atoms with Gasteiger partial charge in [-0.25, -0.2) is 0 Å². The van der Waals surface area contributed by atoms with Crippen LogP contribution in [0.1, 0.15) is 16.7 Å². The largest absolute Gasteiger partial charge is 0.319 e. The number of likely N-dealkylation sites (N-methyl/N-ethyl adjacent to an activating group) is 1. The third kappa shape index (κ3) is 2.82. The molecule has 72 valence electrons. The summed E-state index contributed by atoms with van der Waals surface area (Å²) in [5.41, 5.74) is 4.11. The van der Waals surface area contributed by atoms with Crippen LogP contribution in [0.25, 0.3) is 0 Å². The van der Waals surface area contributed by atoms with E-state index in [1.165, 1.54) is 21.2 Å². The molecule has 1 rings (SSSR count). The summed E-state index contributed by atoms with van der Waals surface area (Å²) in [4.78, 5) is 0. The van der Waals surface area contributed by atoms with Crippen molar-refractivity contribution in [2.75, 3.05) is 13.6 Å². The van der Waals surface area contributed by atoms with Gasteiger partial charge in [0.25, 0.3) is 0 Å². The summed E-state index contributed by atoms with van der Waals surface area (Å²) in [5, 5.41) is 3.16. The van der Waals surface area contributed by atoms with Crippen LogP contribution in [0.15, 0.2) is 16.6 Å². The monoisotopic (exact) mass is 241 g/mol. The lowest BCUT2D eigenvalue weighted by molar-refractivity contribution is 0.786. The molecule has 0 radical (unpaired) electrons. The molecule has 0 spiro atoms. The molecular weight excluding hydrogens is 226 g/mol. The van der Waals surface area contributed by atoms with Crippen LogP contribution in [0.5, 0.6) is 0 Å². The second-order valence-corrected chi connectivity index (χ2v) is 4.25. The number of nitrogens with one attached hydrogen (secondary N) is 1. The Morgan fingerprint density at radius 2 is 2.00 bits per heavy atom. The molecule has 0 aliphatic carbocycles. The van der Waals surface area contributed by atoms with Crippen molar-refractivity contribution in [3.05, 3.63) is 33.3 Å².